The minimum atomic E-state index is -0.143. The van der Waals surface area contributed by atoms with Crippen LogP contribution >= 0.6 is 0 Å². The Morgan fingerprint density at radius 3 is 2.63 bits per heavy atom. The van der Waals surface area contributed by atoms with E-state index in [9.17, 15) is 4.79 Å². The summed E-state index contributed by atoms with van der Waals surface area (Å²) in [6.07, 6.45) is 0. The van der Waals surface area contributed by atoms with Crippen molar-refractivity contribution < 1.29 is 9.53 Å². The fourth-order valence-corrected chi connectivity index (χ4v) is 2.76. The van der Waals surface area contributed by atoms with Crippen molar-refractivity contribution in [1.29, 1.82) is 5.26 Å². The lowest BCUT2D eigenvalue weighted by molar-refractivity contribution is 0.102. The Morgan fingerprint density at radius 2 is 1.81 bits per heavy atom. The van der Waals surface area contributed by atoms with E-state index in [1.54, 1.807) is 18.2 Å². The molecule has 27 heavy (non-hydrogen) atoms. The molecule has 0 atom stereocenters. The molecule has 0 radical (unpaired) electrons. The first-order valence-electron chi connectivity index (χ1n) is 8.66. The second kappa shape index (κ2) is 8.20. The van der Waals surface area contributed by atoms with Gasteiger partial charge in [-0.1, -0.05) is 30.3 Å². The molecule has 0 saturated heterocycles. The molecule has 4 heteroatoms. The zero-order valence-electron chi connectivity index (χ0n) is 15.3. The third-order valence-corrected chi connectivity index (χ3v) is 4.40. The van der Waals surface area contributed by atoms with Gasteiger partial charge in [-0.25, -0.2) is 0 Å². The smallest absolute Gasteiger partial charge is 0.255 e. The molecule has 0 aromatic heterocycles. The number of rotatable bonds is 5. The molecule has 0 aliphatic carbocycles. The molecule has 1 amide bonds. The van der Waals surface area contributed by atoms with E-state index >= 15 is 0 Å². The maximum Gasteiger partial charge on any atom is 0.255 e. The SMILES string of the molecule is Cc1cccc(C(=O)Nc2cccc(OCc3cccc(C#N)c3)c2)c1C. The Morgan fingerprint density at radius 1 is 1.04 bits per heavy atom. The summed E-state index contributed by atoms with van der Waals surface area (Å²) in [6, 6.07) is 22.4. The highest BCUT2D eigenvalue weighted by molar-refractivity contribution is 6.05. The molecule has 1 N–H and O–H groups in total. The van der Waals surface area contributed by atoms with Crippen LogP contribution < -0.4 is 10.1 Å². The summed E-state index contributed by atoms with van der Waals surface area (Å²) in [5.74, 6) is 0.506. The van der Waals surface area contributed by atoms with Gasteiger partial charge in [0.1, 0.15) is 12.4 Å². The van der Waals surface area contributed by atoms with Gasteiger partial charge in [-0.15, -0.1) is 0 Å². The van der Waals surface area contributed by atoms with Crippen LogP contribution in [0.1, 0.15) is 32.6 Å². The van der Waals surface area contributed by atoms with Crippen LogP contribution in [0.2, 0.25) is 0 Å². The number of ether oxygens (including phenoxy) is 1. The number of nitrogens with zero attached hydrogens (tertiary/aromatic N) is 1. The number of carbonyl (C=O) groups is 1. The summed E-state index contributed by atoms with van der Waals surface area (Å²) in [4.78, 5) is 12.6. The summed E-state index contributed by atoms with van der Waals surface area (Å²) < 4.78 is 5.80. The highest BCUT2D eigenvalue weighted by Crippen LogP contribution is 2.21. The van der Waals surface area contributed by atoms with E-state index in [1.807, 2.05) is 62.4 Å². The fraction of sp³-hybridized carbons (Fsp3) is 0.130. The Labute approximate surface area is 159 Å². The summed E-state index contributed by atoms with van der Waals surface area (Å²) in [5.41, 5.74) is 4.91. The zero-order chi connectivity index (χ0) is 19.2. The van der Waals surface area contributed by atoms with Gasteiger partial charge in [0.15, 0.2) is 0 Å². The predicted octanol–water partition coefficient (Wildman–Crippen LogP) is 5.01. The van der Waals surface area contributed by atoms with Crippen molar-refractivity contribution >= 4 is 11.6 Å². The zero-order valence-corrected chi connectivity index (χ0v) is 15.3. The Kier molecular flexibility index (Phi) is 5.53. The first-order chi connectivity index (χ1) is 13.1. The molecule has 0 unspecified atom stereocenters. The quantitative estimate of drug-likeness (QED) is 0.699. The number of hydrogen-bond donors (Lipinski definition) is 1. The topological polar surface area (TPSA) is 62.1 Å². The van der Waals surface area contributed by atoms with Gasteiger partial charge in [0, 0.05) is 17.3 Å². The molecule has 0 bridgehead atoms. The van der Waals surface area contributed by atoms with E-state index in [4.69, 9.17) is 10.00 Å². The van der Waals surface area contributed by atoms with Gasteiger partial charge in [-0.3, -0.25) is 4.79 Å². The Bertz CT molecular complexity index is 1020. The van der Waals surface area contributed by atoms with Gasteiger partial charge >= 0.3 is 0 Å². The third kappa shape index (κ3) is 4.53. The molecule has 3 aromatic carbocycles. The third-order valence-electron chi connectivity index (χ3n) is 4.40. The van der Waals surface area contributed by atoms with Gasteiger partial charge in [-0.05, 0) is 60.9 Å². The van der Waals surface area contributed by atoms with Gasteiger partial charge in [0.2, 0.25) is 0 Å². The number of anilines is 1. The molecule has 134 valence electrons. The van der Waals surface area contributed by atoms with E-state index in [0.717, 1.165) is 16.7 Å². The lowest BCUT2D eigenvalue weighted by atomic mass is 10.0. The van der Waals surface area contributed by atoms with Crippen molar-refractivity contribution in [2.24, 2.45) is 0 Å². The van der Waals surface area contributed by atoms with Gasteiger partial charge in [-0.2, -0.15) is 5.26 Å². The molecule has 0 aliphatic rings. The number of benzene rings is 3. The van der Waals surface area contributed by atoms with Crippen LogP contribution in [0, 0.1) is 25.2 Å². The monoisotopic (exact) mass is 356 g/mol. The number of carbonyl (C=O) groups excluding carboxylic acids is 1. The minimum absolute atomic E-state index is 0.143. The molecule has 0 heterocycles. The average molecular weight is 356 g/mol. The molecule has 4 nitrogen and oxygen atoms in total. The molecule has 0 spiro atoms. The van der Waals surface area contributed by atoms with Crippen molar-refractivity contribution in [1.82, 2.24) is 0 Å². The van der Waals surface area contributed by atoms with Crippen LogP contribution in [0.3, 0.4) is 0 Å². The highest BCUT2D eigenvalue weighted by Gasteiger charge is 2.10. The van der Waals surface area contributed by atoms with Crippen LogP contribution in [0.15, 0.2) is 66.7 Å². The molecule has 3 aromatic rings. The Balaban J connectivity index is 1.69. The first kappa shape index (κ1) is 18.2. The van der Waals surface area contributed by atoms with Crippen LogP contribution in [0.25, 0.3) is 0 Å². The lowest BCUT2D eigenvalue weighted by Gasteiger charge is -2.11. The largest absolute Gasteiger partial charge is 0.489 e. The normalized spacial score (nSPS) is 10.1. The number of nitriles is 1. The van der Waals surface area contributed by atoms with E-state index in [-0.39, 0.29) is 5.91 Å². The molecule has 0 aliphatic heterocycles. The highest BCUT2D eigenvalue weighted by atomic mass is 16.5. The summed E-state index contributed by atoms with van der Waals surface area (Å²) in [7, 11) is 0. The average Bonchev–Trinajstić information content (AvgIpc) is 2.69. The maximum absolute atomic E-state index is 12.6. The lowest BCUT2D eigenvalue weighted by Crippen LogP contribution is -2.13. The van der Waals surface area contributed by atoms with Crippen molar-refractivity contribution in [2.45, 2.75) is 20.5 Å². The second-order valence-corrected chi connectivity index (χ2v) is 6.33. The fourth-order valence-electron chi connectivity index (χ4n) is 2.76. The van der Waals surface area contributed by atoms with E-state index in [2.05, 4.69) is 11.4 Å². The van der Waals surface area contributed by atoms with Gasteiger partial charge < -0.3 is 10.1 Å². The second-order valence-electron chi connectivity index (χ2n) is 6.33. The van der Waals surface area contributed by atoms with Crippen LogP contribution in [0.4, 0.5) is 5.69 Å². The number of amides is 1. The van der Waals surface area contributed by atoms with Crippen molar-refractivity contribution in [3.05, 3.63) is 94.5 Å². The molecular formula is C23H20N2O2. The number of nitrogens with one attached hydrogen (secondary N) is 1. The molecule has 3 rings (SSSR count). The summed E-state index contributed by atoms with van der Waals surface area (Å²) in [5, 5.41) is 11.9. The number of aryl methyl sites for hydroxylation is 1. The van der Waals surface area contributed by atoms with Crippen molar-refractivity contribution in [2.75, 3.05) is 5.32 Å². The minimum Gasteiger partial charge on any atom is -0.489 e. The Hall–Kier alpha value is -3.58. The van der Waals surface area contributed by atoms with E-state index in [1.165, 1.54) is 0 Å². The maximum atomic E-state index is 12.6. The van der Waals surface area contributed by atoms with Gasteiger partial charge in [0.05, 0.1) is 11.6 Å². The van der Waals surface area contributed by atoms with E-state index in [0.29, 0.717) is 29.2 Å². The molecule has 0 saturated carbocycles. The van der Waals surface area contributed by atoms with Crippen molar-refractivity contribution in [3.8, 4) is 11.8 Å². The van der Waals surface area contributed by atoms with E-state index < -0.39 is 0 Å². The van der Waals surface area contributed by atoms with Crippen LogP contribution in [-0.4, -0.2) is 5.91 Å². The summed E-state index contributed by atoms with van der Waals surface area (Å²) in [6.45, 7) is 4.28. The van der Waals surface area contributed by atoms with Crippen LogP contribution in [0.5, 0.6) is 5.75 Å². The van der Waals surface area contributed by atoms with Crippen LogP contribution in [-0.2, 0) is 6.61 Å². The van der Waals surface area contributed by atoms with Crippen molar-refractivity contribution in [3.63, 3.8) is 0 Å². The number of hydrogen-bond acceptors (Lipinski definition) is 3. The predicted molar refractivity (Wildman–Crippen MR) is 106 cm³/mol. The molecular weight excluding hydrogens is 336 g/mol. The summed E-state index contributed by atoms with van der Waals surface area (Å²) >= 11 is 0. The molecule has 0 fully saturated rings. The standard InChI is InChI=1S/C23H20N2O2/c1-16-6-3-11-22(17(16)2)23(26)25-20-9-5-10-21(13-20)27-15-19-8-4-7-18(12-19)14-24/h3-13H,15H2,1-2H3,(H,25,26). The first-order valence-corrected chi connectivity index (χ1v) is 8.66. The van der Waals surface area contributed by atoms with Gasteiger partial charge in [0.25, 0.3) is 5.91 Å².